The number of sulfonamides is 1. The Morgan fingerprint density at radius 2 is 1.72 bits per heavy atom. The third-order valence-corrected chi connectivity index (χ3v) is 11.6. The number of rotatable bonds is 4. The van der Waals surface area contributed by atoms with Gasteiger partial charge < -0.3 is 14.4 Å². The molecule has 246 valence electrons. The van der Waals surface area contributed by atoms with Crippen molar-refractivity contribution in [3.63, 3.8) is 0 Å². The van der Waals surface area contributed by atoms with Crippen molar-refractivity contribution < 1.29 is 22.7 Å². The lowest BCUT2D eigenvalue weighted by Crippen LogP contribution is -2.57. The fourth-order valence-electron chi connectivity index (χ4n) is 8.30. The van der Waals surface area contributed by atoms with Crippen molar-refractivity contribution >= 4 is 22.1 Å². The van der Waals surface area contributed by atoms with E-state index in [2.05, 4.69) is 41.5 Å². The molecule has 0 radical (unpaired) electrons. The number of amides is 1. The summed E-state index contributed by atoms with van der Waals surface area (Å²) >= 11 is 0. The Morgan fingerprint density at radius 3 is 2.37 bits per heavy atom. The minimum atomic E-state index is -3.98. The Morgan fingerprint density at radius 1 is 1.04 bits per heavy atom. The maximum atomic E-state index is 13.8. The van der Waals surface area contributed by atoms with Crippen LogP contribution in [0.4, 0.5) is 10.7 Å². The van der Waals surface area contributed by atoms with E-state index in [4.69, 9.17) is 9.47 Å². The summed E-state index contributed by atoms with van der Waals surface area (Å²) in [4.78, 5) is 23.2. The molecule has 2 atom stereocenters. The summed E-state index contributed by atoms with van der Waals surface area (Å²) in [7, 11) is -0.746. The lowest BCUT2D eigenvalue weighted by Gasteiger charge is -2.61. The second-order valence-corrected chi connectivity index (χ2v) is 16.7. The molecule has 2 saturated carbocycles. The molecule has 1 aromatic heterocycles. The molecule has 3 aromatic rings. The Hall–Kier alpha value is -3.66. The van der Waals surface area contributed by atoms with Crippen molar-refractivity contribution in [1.29, 1.82) is 0 Å². The average Bonchev–Trinajstić information content (AvgIpc) is 2.94. The molecule has 0 saturated heterocycles. The van der Waals surface area contributed by atoms with E-state index in [-0.39, 0.29) is 45.6 Å². The molecule has 6 rings (SSSR count). The SMILES string of the molecule is COC(=O)N(C)C1CC2(CC(C3c4cccc(c4)S(=O)(=O)Nc4nc(cc(-c5c(C)cccc5C)n4)OC[C@H]3CC(C)(C)C)C2)C1. The van der Waals surface area contributed by atoms with Crippen LogP contribution >= 0.6 is 0 Å². The number of carbonyl (C=O) groups is 1. The van der Waals surface area contributed by atoms with E-state index >= 15 is 0 Å². The van der Waals surface area contributed by atoms with E-state index < -0.39 is 10.0 Å². The molecule has 1 N–H and O–H groups in total. The number of methoxy groups -OCH3 is 1. The molecule has 9 nitrogen and oxygen atoms in total. The van der Waals surface area contributed by atoms with Gasteiger partial charge in [0.05, 0.1) is 24.3 Å². The van der Waals surface area contributed by atoms with E-state index in [0.717, 1.165) is 54.4 Å². The zero-order valence-corrected chi connectivity index (χ0v) is 28.8. The smallest absolute Gasteiger partial charge is 0.409 e. The van der Waals surface area contributed by atoms with Crippen LogP contribution in [-0.2, 0) is 14.8 Å². The van der Waals surface area contributed by atoms with Crippen LogP contribution in [0.1, 0.15) is 75.5 Å². The fourth-order valence-corrected chi connectivity index (χ4v) is 9.30. The summed E-state index contributed by atoms with van der Waals surface area (Å²) in [5.74, 6) is 0.910. The number of carbonyl (C=O) groups excluding carboxylic acids is 1. The minimum absolute atomic E-state index is 0.0116. The topological polar surface area (TPSA) is 111 Å². The molecule has 2 heterocycles. The van der Waals surface area contributed by atoms with Crippen molar-refractivity contribution in [3.8, 4) is 17.1 Å². The first kappa shape index (κ1) is 32.3. The highest BCUT2D eigenvalue weighted by atomic mass is 32.2. The first-order chi connectivity index (χ1) is 21.7. The second-order valence-electron chi connectivity index (χ2n) is 15.0. The van der Waals surface area contributed by atoms with E-state index in [9.17, 15) is 13.2 Å². The first-order valence-corrected chi connectivity index (χ1v) is 17.7. The summed E-state index contributed by atoms with van der Waals surface area (Å²) in [6.07, 6.45) is 4.60. The molecule has 1 spiro atoms. The quantitative estimate of drug-likeness (QED) is 0.316. The molecule has 4 bridgehead atoms. The zero-order valence-electron chi connectivity index (χ0n) is 28.0. The Labute approximate surface area is 273 Å². The lowest BCUT2D eigenvalue weighted by atomic mass is 9.46. The monoisotopic (exact) mass is 646 g/mol. The maximum absolute atomic E-state index is 13.8. The number of hydrogen-bond donors (Lipinski definition) is 1. The highest BCUT2D eigenvalue weighted by molar-refractivity contribution is 7.92. The van der Waals surface area contributed by atoms with Gasteiger partial charge in [0.15, 0.2) is 0 Å². The molecule has 2 aromatic carbocycles. The number of fused-ring (bicyclic) bond motifs is 4. The summed E-state index contributed by atoms with van der Waals surface area (Å²) in [6, 6.07) is 15.4. The van der Waals surface area contributed by atoms with Gasteiger partial charge in [0.1, 0.15) is 0 Å². The number of nitrogens with zero attached hydrogens (tertiary/aromatic N) is 3. The van der Waals surface area contributed by atoms with Gasteiger partial charge in [-0.15, -0.1) is 0 Å². The molecule has 2 aliphatic carbocycles. The van der Waals surface area contributed by atoms with Crippen molar-refractivity contribution in [1.82, 2.24) is 14.9 Å². The molecule has 1 amide bonds. The summed E-state index contributed by atoms with van der Waals surface area (Å²) in [5, 5.41) is 0. The molecular formula is C36H46N4O5S. The van der Waals surface area contributed by atoms with E-state index in [1.54, 1.807) is 11.0 Å². The fraction of sp³-hybridized carbons (Fsp3) is 0.528. The number of hydrogen-bond acceptors (Lipinski definition) is 7. The standard InChI is InChI=1S/C36H46N4O5S/c1-22-10-8-11-23(2)31(22)29-15-30-38-33(37-29)39-46(42,43)28-13-9-12-24(14-28)32(26(21-45-30)16-35(3,4)5)25-17-36(18-25)19-27(20-36)40(6)34(41)44-7/h8-15,25-27,32H,16-21H2,1-7H3,(H,37,38,39)/t25?,26-,27?,32?,36?/m1/s1. The van der Waals surface area contributed by atoms with Crippen LogP contribution in [0.2, 0.25) is 0 Å². The Balaban J connectivity index is 1.37. The van der Waals surface area contributed by atoms with Gasteiger partial charge in [0, 0.05) is 30.6 Å². The van der Waals surface area contributed by atoms with Crippen LogP contribution in [0.25, 0.3) is 11.3 Å². The van der Waals surface area contributed by atoms with Crippen molar-refractivity contribution in [3.05, 3.63) is 65.2 Å². The van der Waals surface area contributed by atoms with Crippen molar-refractivity contribution in [2.75, 3.05) is 25.5 Å². The van der Waals surface area contributed by atoms with Crippen LogP contribution in [0.5, 0.6) is 5.88 Å². The zero-order chi connectivity index (χ0) is 33.0. The highest BCUT2D eigenvalue weighted by Crippen LogP contribution is 2.64. The lowest BCUT2D eigenvalue weighted by molar-refractivity contribution is -0.0928. The predicted molar refractivity (Wildman–Crippen MR) is 178 cm³/mol. The minimum Gasteiger partial charge on any atom is -0.477 e. The van der Waals surface area contributed by atoms with Gasteiger partial charge in [0.25, 0.3) is 10.0 Å². The maximum Gasteiger partial charge on any atom is 0.409 e. The van der Waals surface area contributed by atoms with Crippen molar-refractivity contribution in [2.24, 2.45) is 22.7 Å². The van der Waals surface area contributed by atoms with E-state index in [1.807, 2.05) is 57.3 Å². The van der Waals surface area contributed by atoms with Crippen LogP contribution in [0, 0.1) is 36.5 Å². The number of aryl methyl sites for hydroxylation is 2. The van der Waals surface area contributed by atoms with Gasteiger partial charge in [-0.3, -0.25) is 0 Å². The largest absolute Gasteiger partial charge is 0.477 e. The first-order valence-electron chi connectivity index (χ1n) is 16.2. The van der Waals surface area contributed by atoms with Gasteiger partial charge in [-0.2, -0.15) is 4.98 Å². The number of nitrogens with one attached hydrogen (secondary N) is 1. The van der Waals surface area contributed by atoms with Gasteiger partial charge in [-0.25, -0.2) is 22.9 Å². The van der Waals surface area contributed by atoms with Crippen LogP contribution in [0.3, 0.4) is 0 Å². The number of aromatic nitrogens is 2. The van der Waals surface area contributed by atoms with Gasteiger partial charge in [-0.1, -0.05) is 51.1 Å². The third kappa shape index (κ3) is 6.33. The third-order valence-electron chi connectivity index (χ3n) is 10.3. The summed E-state index contributed by atoms with van der Waals surface area (Å²) in [6.45, 7) is 11.2. The van der Waals surface area contributed by atoms with E-state index in [0.29, 0.717) is 24.1 Å². The van der Waals surface area contributed by atoms with Gasteiger partial charge >= 0.3 is 6.09 Å². The summed E-state index contributed by atoms with van der Waals surface area (Å²) < 4.78 is 41.7. The molecule has 10 heteroatoms. The van der Waals surface area contributed by atoms with Gasteiger partial charge in [0.2, 0.25) is 11.8 Å². The molecule has 3 aliphatic rings. The van der Waals surface area contributed by atoms with Crippen LogP contribution in [-0.4, -0.2) is 56.2 Å². The number of benzene rings is 2. The second kappa shape index (κ2) is 11.9. The normalized spacial score (nSPS) is 26.7. The number of anilines is 1. The van der Waals surface area contributed by atoms with Crippen LogP contribution in [0.15, 0.2) is 53.4 Å². The molecule has 1 aliphatic heterocycles. The van der Waals surface area contributed by atoms with Gasteiger partial charge in [-0.05, 0) is 97.4 Å². The Bertz CT molecular complexity index is 1720. The predicted octanol–water partition coefficient (Wildman–Crippen LogP) is 7.35. The molecule has 46 heavy (non-hydrogen) atoms. The molecule has 1 unspecified atom stereocenters. The molecule has 2 fully saturated rings. The van der Waals surface area contributed by atoms with Crippen LogP contribution < -0.4 is 9.46 Å². The average molecular weight is 647 g/mol. The number of ether oxygens (including phenoxy) is 2. The van der Waals surface area contributed by atoms with Crippen molar-refractivity contribution in [2.45, 2.75) is 83.6 Å². The molecular weight excluding hydrogens is 600 g/mol. The van der Waals surface area contributed by atoms with E-state index in [1.165, 1.54) is 7.11 Å². The summed E-state index contributed by atoms with van der Waals surface area (Å²) in [5.41, 5.74) is 4.86. The highest BCUT2D eigenvalue weighted by Gasteiger charge is 2.57. The Kier molecular flexibility index (Phi) is 8.32.